The molecule has 1 heterocycles. The van der Waals surface area contributed by atoms with Gasteiger partial charge in [-0.15, -0.1) is 10.2 Å². The van der Waals surface area contributed by atoms with E-state index in [4.69, 9.17) is 16.0 Å². The summed E-state index contributed by atoms with van der Waals surface area (Å²) in [6, 6.07) is 16.9. The molecule has 0 unspecified atom stereocenters. The number of benzene rings is 2. The molecule has 0 saturated heterocycles. The van der Waals surface area contributed by atoms with Crippen LogP contribution in [0.15, 0.2) is 64.2 Å². The minimum absolute atomic E-state index is 0.121. The maximum atomic E-state index is 12.2. The van der Waals surface area contributed by atoms with E-state index >= 15 is 0 Å². The van der Waals surface area contributed by atoms with Crippen LogP contribution in [0.3, 0.4) is 0 Å². The molecule has 25 heavy (non-hydrogen) atoms. The Hall–Kier alpha value is -2.31. The molecule has 1 N–H and O–H groups in total. The molecule has 7 heteroatoms. The van der Waals surface area contributed by atoms with Crippen molar-refractivity contribution in [3.05, 3.63) is 65.2 Å². The first-order chi connectivity index (χ1) is 12.1. The first kappa shape index (κ1) is 17.5. The summed E-state index contributed by atoms with van der Waals surface area (Å²) in [5, 5.41) is 11.5. The fourth-order valence-electron chi connectivity index (χ4n) is 2.13. The molecule has 3 rings (SSSR count). The Bertz CT molecular complexity index is 854. The van der Waals surface area contributed by atoms with Crippen molar-refractivity contribution in [1.82, 2.24) is 15.5 Å². The van der Waals surface area contributed by atoms with Gasteiger partial charge in [-0.3, -0.25) is 4.79 Å². The summed E-state index contributed by atoms with van der Waals surface area (Å²) in [4.78, 5) is 12.2. The molecule has 0 bridgehead atoms. The molecule has 0 saturated carbocycles. The number of rotatable bonds is 6. The number of carbonyl (C=O) groups excluding carboxylic acids is 1. The van der Waals surface area contributed by atoms with Crippen LogP contribution in [0.5, 0.6) is 0 Å². The third-order valence-electron chi connectivity index (χ3n) is 3.48. The molecule has 1 aromatic heterocycles. The fourth-order valence-corrected chi connectivity index (χ4v) is 3.04. The van der Waals surface area contributed by atoms with E-state index in [0.717, 1.165) is 11.1 Å². The molecule has 0 aliphatic rings. The number of nitrogens with one attached hydrogen (secondary N) is 1. The fraction of sp³-hybridized carbons (Fsp3) is 0.167. The first-order valence-electron chi connectivity index (χ1n) is 7.70. The monoisotopic (exact) mass is 373 g/mol. The van der Waals surface area contributed by atoms with E-state index in [1.807, 2.05) is 48.5 Å². The van der Waals surface area contributed by atoms with E-state index < -0.39 is 0 Å². The van der Waals surface area contributed by atoms with Crippen molar-refractivity contribution in [3.8, 4) is 11.5 Å². The predicted molar refractivity (Wildman–Crippen MR) is 98.4 cm³/mol. The van der Waals surface area contributed by atoms with Gasteiger partial charge >= 0.3 is 0 Å². The molecule has 2 aromatic carbocycles. The van der Waals surface area contributed by atoms with Gasteiger partial charge in [0.2, 0.25) is 11.8 Å². The third-order valence-corrected chi connectivity index (χ3v) is 4.79. The van der Waals surface area contributed by atoms with Crippen molar-refractivity contribution in [3.63, 3.8) is 0 Å². The van der Waals surface area contributed by atoms with E-state index in [1.165, 1.54) is 11.8 Å². The molecule has 1 amide bonds. The second-order valence-corrected chi connectivity index (χ2v) is 7.01. The number of hydrogen-bond acceptors (Lipinski definition) is 5. The second-order valence-electron chi connectivity index (χ2n) is 5.31. The van der Waals surface area contributed by atoms with Crippen molar-refractivity contribution < 1.29 is 9.21 Å². The van der Waals surface area contributed by atoms with Crippen molar-refractivity contribution in [1.29, 1.82) is 0 Å². The number of aromatic nitrogens is 2. The number of thioether (sulfide) groups is 1. The van der Waals surface area contributed by atoms with Crippen LogP contribution in [0.4, 0.5) is 0 Å². The molecule has 5 nitrogen and oxygen atoms in total. The van der Waals surface area contributed by atoms with E-state index in [1.54, 1.807) is 13.0 Å². The molecule has 0 aliphatic carbocycles. The quantitative estimate of drug-likeness (QED) is 0.656. The lowest BCUT2D eigenvalue weighted by molar-refractivity contribution is -0.120. The van der Waals surface area contributed by atoms with Gasteiger partial charge in [-0.1, -0.05) is 59.8 Å². The zero-order valence-corrected chi connectivity index (χ0v) is 15.1. The highest BCUT2D eigenvalue weighted by Crippen LogP contribution is 2.26. The number of nitrogens with zero attached hydrogens (tertiary/aromatic N) is 2. The summed E-state index contributed by atoms with van der Waals surface area (Å²) in [5.74, 6) is 0.316. The lowest BCUT2D eigenvalue weighted by Crippen LogP contribution is -2.30. The predicted octanol–water partition coefficient (Wildman–Crippen LogP) is 4.19. The van der Waals surface area contributed by atoms with Gasteiger partial charge in [0, 0.05) is 17.1 Å². The van der Waals surface area contributed by atoms with Crippen molar-refractivity contribution in [2.75, 3.05) is 0 Å². The van der Waals surface area contributed by atoms with Crippen molar-refractivity contribution >= 4 is 29.3 Å². The van der Waals surface area contributed by atoms with Gasteiger partial charge in [-0.2, -0.15) is 0 Å². The van der Waals surface area contributed by atoms with Gasteiger partial charge in [-0.25, -0.2) is 0 Å². The van der Waals surface area contributed by atoms with E-state index in [2.05, 4.69) is 15.5 Å². The largest absolute Gasteiger partial charge is 0.411 e. The van der Waals surface area contributed by atoms with Gasteiger partial charge < -0.3 is 9.73 Å². The van der Waals surface area contributed by atoms with Crippen molar-refractivity contribution in [2.24, 2.45) is 0 Å². The van der Waals surface area contributed by atoms with Crippen LogP contribution in [0, 0.1) is 0 Å². The normalized spacial score (nSPS) is 11.9. The average molecular weight is 374 g/mol. The molecule has 0 fully saturated rings. The van der Waals surface area contributed by atoms with Crippen LogP contribution in [-0.4, -0.2) is 21.4 Å². The number of amides is 1. The third kappa shape index (κ3) is 4.61. The molecule has 0 spiro atoms. The average Bonchev–Trinajstić information content (AvgIpc) is 3.10. The van der Waals surface area contributed by atoms with Crippen LogP contribution in [0.2, 0.25) is 5.02 Å². The smallest absolute Gasteiger partial charge is 0.277 e. The molecule has 0 radical (unpaired) electrons. The molecule has 3 aromatic rings. The van der Waals surface area contributed by atoms with Gasteiger partial charge in [0.25, 0.3) is 5.22 Å². The Labute approximate surface area is 154 Å². The second kappa shape index (κ2) is 8.18. The number of hydrogen-bond donors (Lipinski definition) is 1. The summed E-state index contributed by atoms with van der Waals surface area (Å²) in [6.07, 6.45) is 0. The van der Waals surface area contributed by atoms with E-state index in [-0.39, 0.29) is 11.2 Å². The number of carbonyl (C=O) groups is 1. The molecule has 0 aliphatic heterocycles. The Morgan fingerprint density at radius 3 is 2.64 bits per heavy atom. The lowest BCUT2D eigenvalue weighted by atomic mass is 10.2. The Balaban J connectivity index is 1.57. The van der Waals surface area contributed by atoms with E-state index in [9.17, 15) is 4.79 Å². The van der Waals surface area contributed by atoms with Gasteiger partial charge in [0.1, 0.15) is 0 Å². The number of halogens is 1. The summed E-state index contributed by atoms with van der Waals surface area (Å²) < 4.78 is 5.61. The maximum absolute atomic E-state index is 12.2. The topological polar surface area (TPSA) is 68.0 Å². The Morgan fingerprint density at radius 2 is 1.88 bits per heavy atom. The zero-order valence-electron chi connectivity index (χ0n) is 13.5. The Morgan fingerprint density at radius 1 is 1.16 bits per heavy atom. The lowest BCUT2D eigenvalue weighted by Gasteiger charge is -2.10. The van der Waals surface area contributed by atoms with Gasteiger partial charge in [-0.05, 0) is 30.7 Å². The minimum atomic E-state index is -0.369. The van der Waals surface area contributed by atoms with Gasteiger partial charge in [0.15, 0.2) is 0 Å². The Kier molecular flexibility index (Phi) is 5.73. The van der Waals surface area contributed by atoms with Crippen LogP contribution in [-0.2, 0) is 11.3 Å². The highest BCUT2D eigenvalue weighted by molar-refractivity contribution is 8.00. The van der Waals surface area contributed by atoms with Crippen LogP contribution in [0.25, 0.3) is 11.5 Å². The molecular formula is C18H16ClN3O2S. The summed E-state index contributed by atoms with van der Waals surface area (Å²) in [5.41, 5.74) is 1.72. The van der Waals surface area contributed by atoms with Crippen LogP contribution >= 0.6 is 23.4 Å². The van der Waals surface area contributed by atoms with Crippen LogP contribution < -0.4 is 5.32 Å². The summed E-state index contributed by atoms with van der Waals surface area (Å²) in [6.45, 7) is 2.17. The summed E-state index contributed by atoms with van der Waals surface area (Å²) in [7, 11) is 0. The maximum Gasteiger partial charge on any atom is 0.277 e. The highest BCUT2D eigenvalue weighted by Gasteiger charge is 2.18. The van der Waals surface area contributed by atoms with Crippen LogP contribution in [0.1, 0.15) is 12.5 Å². The standard InChI is InChI=1S/C18H16ClN3O2S/c1-12(16(23)20-11-14-9-5-6-10-15(14)19)25-18-22-21-17(24-18)13-7-3-2-4-8-13/h2-10,12H,11H2,1H3,(H,20,23)/t12-/m0/s1. The molecule has 128 valence electrons. The highest BCUT2D eigenvalue weighted by atomic mass is 35.5. The van der Waals surface area contributed by atoms with E-state index in [0.29, 0.717) is 22.7 Å². The molecular weight excluding hydrogens is 358 g/mol. The first-order valence-corrected chi connectivity index (χ1v) is 8.96. The summed E-state index contributed by atoms with van der Waals surface area (Å²) >= 11 is 7.31. The minimum Gasteiger partial charge on any atom is -0.411 e. The molecule has 1 atom stereocenters. The SMILES string of the molecule is C[C@H](Sc1nnc(-c2ccccc2)o1)C(=O)NCc1ccccc1Cl. The van der Waals surface area contributed by atoms with Crippen molar-refractivity contribution in [2.45, 2.75) is 23.9 Å². The van der Waals surface area contributed by atoms with Gasteiger partial charge in [0.05, 0.1) is 5.25 Å². The zero-order chi connectivity index (χ0) is 17.6.